The number of Topliss-reactive ketones (excluding diaryl/α,β-unsaturated/α-hetero) is 1. The zero-order chi connectivity index (χ0) is 22.4. The molecular weight excluding hydrogens is 497 g/mol. The quantitative estimate of drug-likeness (QED) is 0.325. The molecule has 0 bridgehead atoms. The number of carbonyl (C=O) groups excluding carboxylic acids is 2. The van der Waals surface area contributed by atoms with Crippen LogP contribution in [0, 0.1) is 5.82 Å². The van der Waals surface area contributed by atoms with Gasteiger partial charge in [-0.2, -0.15) is 0 Å². The molecule has 3 heterocycles. The van der Waals surface area contributed by atoms with E-state index < -0.39 is 23.5 Å². The van der Waals surface area contributed by atoms with Gasteiger partial charge in [0.25, 0.3) is 5.91 Å². The van der Waals surface area contributed by atoms with Gasteiger partial charge in [0, 0.05) is 21.3 Å². The average molecular weight is 512 g/mol. The third kappa shape index (κ3) is 3.55. The van der Waals surface area contributed by atoms with Crippen molar-refractivity contribution in [1.29, 1.82) is 0 Å². The van der Waals surface area contributed by atoms with Crippen LogP contribution < -0.4 is 0 Å². The molecule has 8 heteroatoms. The van der Waals surface area contributed by atoms with Crippen molar-refractivity contribution < 1.29 is 23.5 Å². The first-order valence-electron chi connectivity index (χ1n) is 9.68. The maximum absolute atomic E-state index is 13.5. The predicted molar refractivity (Wildman–Crippen MR) is 122 cm³/mol. The molecule has 0 radical (unpaired) electrons. The van der Waals surface area contributed by atoms with Gasteiger partial charge in [-0.1, -0.05) is 34.1 Å². The summed E-state index contributed by atoms with van der Waals surface area (Å²) in [5.41, 5.74) is 1.17. The van der Waals surface area contributed by atoms with Crippen LogP contribution in [0.3, 0.4) is 0 Å². The summed E-state index contributed by atoms with van der Waals surface area (Å²) in [7, 11) is 0. The van der Waals surface area contributed by atoms with Gasteiger partial charge in [0.05, 0.1) is 5.57 Å². The zero-order valence-corrected chi connectivity index (χ0v) is 18.8. The van der Waals surface area contributed by atoms with Crippen molar-refractivity contribution >= 4 is 49.9 Å². The third-order valence-electron chi connectivity index (χ3n) is 5.33. The van der Waals surface area contributed by atoms with Gasteiger partial charge in [-0.15, -0.1) is 11.3 Å². The van der Waals surface area contributed by atoms with Crippen LogP contribution in [-0.2, 0) is 11.3 Å². The van der Waals surface area contributed by atoms with Crippen molar-refractivity contribution in [2.24, 2.45) is 0 Å². The number of ketones is 1. The Morgan fingerprint density at radius 3 is 2.66 bits per heavy atom. The highest BCUT2D eigenvalue weighted by molar-refractivity contribution is 9.10. The molecule has 1 atom stereocenters. The van der Waals surface area contributed by atoms with Crippen molar-refractivity contribution in [2.75, 3.05) is 0 Å². The number of amides is 1. The van der Waals surface area contributed by atoms with E-state index in [0.717, 1.165) is 14.7 Å². The van der Waals surface area contributed by atoms with Crippen molar-refractivity contribution in [3.05, 3.63) is 104 Å². The topological polar surface area (TPSA) is 70.8 Å². The van der Waals surface area contributed by atoms with E-state index in [-0.39, 0.29) is 23.7 Å². The number of fused-ring (bicyclic) bond motifs is 1. The van der Waals surface area contributed by atoms with Crippen LogP contribution in [0.5, 0.6) is 0 Å². The van der Waals surface area contributed by atoms with Gasteiger partial charge in [0.1, 0.15) is 17.4 Å². The Morgan fingerprint density at radius 2 is 1.94 bits per heavy atom. The summed E-state index contributed by atoms with van der Waals surface area (Å²) < 4.78 is 19.9. The Kier molecular flexibility index (Phi) is 5.19. The lowest BCUT2D eigenvalue weighted by Gasteiger charge is -2.25. The van der Waals surface area contributed by atoms with E-state index in [9.17, 15) is 19.1 Å². The lowest BCUT2D eigenvalue weighted by atomic mass is 10.00. The summed E-state index contributed by atoms with van der Waals surface area (Å²) in [6.07, 6.45) is 0. The molecule has 0 aliphatic carbocycles. The molecule has 0 saturated heterocycles. The molecule has 1 unspecified atom stereocenters. The number of rotatable bonds is 5. The largest absolute Gasteiger partial charge is 0.503 e. The molecule has 1 aliphatic rings. The molecule has 0 saturated carbocycles. The lowest BCUT2D eigenvalue weighted by Crippen LogP contribution is -2.30. The van der Waals surface area contributed by atoms with Crippen molar-refractivity contribution in [1.82, 2.24) is 4.90 Å². The van der Waals surface area contributed by atoms with Crippen LogP contribution in [0.2, 0.25) is 0 Å². The summed E-state index contributed by atoms with van der Waals surface area (Å²) in [6, 6.07) is 15.6. The zero-order valence-electron chi connectivity index (χ0n) is 16.4. The third-order valence-corrected chi connectivity index (χ3v) is 6.75. The van der Waals surface area contributed by atoms with Crippen molar-refractivity contribution in [3.63, 3.8) is 0 Å². The van der Waals surface area contributed by atoms with Gasteiger partial charge >= 0.3 is 0 Å². The van der Waals surface area contributed by atoms with Crippen LogP contribution in [0.4, 0.5) is 4.39 Å². The van der Waals surface area contributed by atoms with Crippen LogP contribution in [0.1, 0.15) is 27.0 Å². The summed E-state index contributed by atoms with van der Waals surface area (Å²) in [4.78, 5) is 28.6. The number of nitrogens with zero attached hydrogens (tertiary/aromatic N) is 1. The van der Waals surface area contributed by atoms with Gasteiger partial charge in [-0.25, -0.2) is 4.39 Å². The predicted octanol–water partition coefficient (Wildman–Crippen LogP) is 6.17. The van der Waals surface area contributed by atoms with Crippen LogP contribution in [-0.4, -0.2) is 21.7 Å². The number of carbonyl (C=O) groups is 2. The van der Waals surface area contributed by atoms with Gasteiger partial charge in [0.2, 0.25) is 5.78 Å². The molecule has 1 N–H and O–H groups in total. The maximum atomic E-state index is 13.5. The number of hydrogen-bond donors (Lipinski definition) is 1. The minimum Gasteiger partial charge on any atom is -0.503 e. The molecule has 5 nitrogen and oxygen atoms in total. The fourth-order valence-electron chi connectivity index (χ4n) is 3.84. The molecule has 160 valence electrons. The Morgan fingerprint density at radius 1 is 1.16 bits per heavy atom. The minimum absolute atomic E-state index is 0.0299. The molecule has 1 aliphatic heterocycles. The fraction of sp³-hybridized carbons (Fsp3) is 0.0833. The first-order chi connectivity index (χ1) is 15.4. The SMILES string of the molecule is O=C(C1=C(O)C(=O)N(Cc2ccc(F)cc2)C1c1cccs1)c1cc2cc(Br)ccc2o1. The highest BCUT2D eigenvalue weighted by Gasteiger charge is 2.45. The van der Waals surface area contributed by atoms with Crippen LogP contribution in [0.25, 0.3) is 11.0 Å². The smallest absolute Gasteiger partial charge is 0.290 e. The monoisotopic (exact) mass is 511 g/mol. The van der Waals surface area contributed by atoms with Crippen molar-refractivity contribution in [2.45, 2.75) is 12.6 Å². The summed E-state index contributed by atoms with van der Waals surface area (Å²) in [5.74, 6) is -2.16. The fourth-order valence-corrected chi connectivity index (χ4v) is 5.06. The number of furan rings is 1. The molecule has 0 spiro atoms. The second-order valence-electron chi connectivity index (χ2n) is 7.36. The molecule has 2 aromatic heterocycles. The molecule has 1 amide bonds. The van der Waals surface area contributed by atoms with E-state index in [1.807, 2.05) is 23.6 Å². The van der Waals surface area contributed by atoms with E-state index >= 15 is 0 Å². The highest BCUT2D eigenvalue weighted by atomic mass is 79.9. The van der Waals surface area contributed by atoms with E-state index in [4.69, 9.17) is 4.42 Å². The number of hydrogen-bond acceptors (Lipinski definition) is 5. The Balaban J connectivity index is 1.56. The first kappa shape index (κ1) is 20.7. The summed E-state index contributed by atoms with van der Waals surface area (Å²) >= 11 is 4.77. The Bertz CT molecular complexity index is 1380. The molecule has 0 fully saturated rings. The number of aliphatic hydroxyl groups is 1. The lowest BCUT2D eigenvalue weighted by molar-refractivity contribution is -0.130. The molecule has 2 aromatic carbocycles. The first-order valence-corrected chi connectivity index (χ1v) is 11.4. The molecule has 32 heavy (non-hydrogen) atoms. The number of benzene rings is 2. The normalized spacial score (nSPS) is 16.4. The second-order valence-corrected chi connectivity index (χ2v) is 9.26. The van der Waals surface area contributed by atoms with E-state index in [2.05, 4.69) is 15.9 Å². The molecular formula is C24H15BrFNO4S. The van der Waals surface area contributed by atoms with Gasteiger partial charge < -0.3 is 14.4 Å². The summed E-state index contributed by atoms with van der Waals surface area (Å²) in [6.45, 7) is 0.107. The van der Waals surface area contributed by atoms with E-state index in [1.165, 1.54) is 28.4 Å². The van der Waals surface area contributed by atoms with Gasteiger partial charge in [-0.3, -0.25) is 9.59 Å². The van der Waals surface area contributed by atoms with Gasteiger partial charge in [0.15, 0.2) is 11.5 Å². The number of halogens is 2. The van der Waals surface area contributed by atoms with Gasteiger partial charge in [-0.05, 0) is 53.4 Å². The molecule has 4 aromatic rings. The standard InChI is InChI=1S/C24H15BrFNO4S/c25-15-5-8-17-14(10-15)11-18(31-17)22(28)20-21(19-2-1-9-32-19)27(24(30)23(20)29)12-13-3-6-16(26)7-4-13/h1-11,21,29H,12H2. The molecule has 5 rings (SSSR count). The number of aliphatic hydroxyl groups excluding tert-OH is 1. The average Bonchev–Trinajstić information content (AvgIpc) is 3.50. The van der Waals surface area contributed by atoms with Crippen molar-refractivity contribution in [3.8, 4) is 0 Å². The second kappa shape index (κ2) is 8.03. The maximum Gasteiger partial charge on any atom is 0.290 e. The summed E-state index contributed by atoms with van der Waals surface area (Å²) in [5, 5.41) is 13.3. The Hall–Kier alpha value is -3.23. The minimum atomic E-state index is -0.778. The van der Waals surface area contributed by atoms with Crippen LogP contribution >= 0.6 is 27.3 Å². The number of thiophene rings is 1. The Labute approximate surface area is 194 Å². The van der Waals surface area contributed by atoms with Crippen LogP contribution in [0.15, 0.2) is 86.3 Å². The van der Waals surface area contributed by atoms with E-state index in [0.29, 0.717) is 11.1 Å². The highest BCUT2D eigenvalue weighted by Crippen LogP contribution is 2.42. The van der Waals surface area contributed by atoms with E-state index in [1.54, 1.807) is 30.3 Å².